The van der Waals surface area contributed by atoms with Gasteiger partial charge in [0.15, 0.2) is 0 Å². The summed E-state index contributed by atoms with van der Waals surface area (Å²) in [5.41, 5.74) is -0.350. The first kappa shape index (κ1) is 13.9. The summed E-state index contributed by atoms with van der Waals surface area (Å²) in [6, 6.07) is 3.54. The van der Waals surface area contributed by atoms with Gasteiger partial charge in [-0.2, -0.15) is 0 Å². The number of rotatable bonds is 3. The predicted octanol–water partition coefficient (Wildman–Crippen LogP) is 2.64. The first-order valence-corrected chi connectivity index (χ1v) is 6.48. The lowest BCUT2D eigenvalue weighted by molar-refractivity contribution is -0.117. The molecule has 0 aromatic heterocycles. The van der Waals surface area contributed by atoms with Gasteiger partial charge >= 0.3 is 0 Å². The largest absolute Gasteiger partial charge is 0.321 e. The number of piperidine rings is 1. The number of hydrogen-bond acceptors (Lipinski definition) is 2. The van der Waals surface area contributed by atoms with Crippen LogP contribution >= 0.6 is 0 Å². The molecule has 1 aliphatic heterocycles. The zero-order chi connectivity index (χ0) is 13.8. The number of anilines is 1. The van der Waals surface area contributed by atoms with Crippen molar-refractivity contribution >= 4 is 11.6 Å². The maximum Gasteiger partial charge on any atom is 0.224 e. The van der Waals surface area contributed by atoms with Crippen LogP contribution in [-0.4, -0.2) is 30.9 Å². The van der Waals surface area contributed by atoms with E-state index in [4.69, 9.17) is 0 Å². The van der Waals surface area contributed by atoms with Crippen molar-refractivity contribution < 1.29 is 13.6 Å². The van der Waals surface area contributed by atoms with Gasteiger partial charge in [-0.3, -0.25) is 4.79 Å². The molecule has 1 saturated heterocycles. The second kappa shape index (κ2) is 6.10. The highest BCUT2D eigenvalue weighted by molar-refractivity contribution is 5.91. The molecular formula is C14H18F2N2O. The van der Waals surface area contributed by atoms with E-state index in [1.54, 1.807) is 0 Å². The van der Waals surface area contributed by atoms with Crippen LogP contribution in [0.1, 0.15) is 19.3 Å². The molecule has 2 rings (SSSR count). The number of para-hydroxylation sites is 1. The molecule has 1 heterocycles. The maximum atomic E-state index is 13.4. The Morgan fingerprint density at radius 3 is 2.74 bits per heavy atom. The average Bonchev–Trinajstić information content (AvgIpc) is 2.34. The Morgan fingerprint density at radius 2 is 2.11 bits per heavy atom. The van der Waals surface area contributed by atoms with E-state index in [0.29, 0.717) is 6.42 Å². The SMILES string of the molecule is CN1CCCC(CC(=O)Nc2c(F)cccc2F)C1. The number of halogens is 2. The lowest BCUT2D eigenvalue weighted by atomic mass is 9.95. The number of likely N-dealkylation sites (tertiary alicyclic amines) is 1. The van der Waals surface area contributed by atoms with Gasteiger partial charge in [0.25, 0.3) is 0 Å². The van der Waals surface area contributed by atoms with E-state index in [1.165, 1.54) is 6.07 Å². The minimum atomic E-state index is -0.742. The molecule has 5 heteroatoms. The van der Waals surface area contributed by atoms with Gasteiger partial charge in [-0.1, -0.05) is 6.07 Å². The van der Waals surface area contributed by atoms with Gasteiger partial charge < -0.3 is 10.2 Å². The lowest BCUT2D eigenvalue weighted by Gasteiger charge is -2.29. The number of nitrogens with zero attached hydrogens (tertiary/aromatic N) is 1. The summed E-state index contributed by atoms with van der Waals surface area (Å²) in [6.07, 6.45) is 2.35. The summed E-state index contributed by atoms with van der Waals surface area (Å²) < 4.78 is 26.8. The fourth-order valence-corrected chi connectivity index (χ4v) is 2.51. The van der Waals surface area contributed by atoms with Gasteiger partial charge in [-0.25, -0.2) is 8.78 Å². The van der Waals surface area contributed by atoms with Crippen molar-refractivity contribution in [3.8, 4) is 0 Å². The summed E-state index contributed by atoms with van der Waals surface area (Å²) in [5, 5.41) is 2.33. The number of carbonyl (C=O) groups excluding carboxylic acids is 1. The monoisotopic (exact) mass is 268 g/mol. The van der Waals surface area contributed by atoms with Gasteiger partial charge in [-0.15, -0.1) is 0 Å². The van der Waals surface area contributed by atoms with Crippen LogP contribution in [0.3, 0.4) is 0 Å². The molecule has 1 aromatic carbocycles. The van der Waals surface area contributed by atoms with Crippen molar-refractivity contribution in [2.24, 2.45) is 5.92 Å². The third-order valence-electron chi connectivity index (χ3n) is 3.42. The zero-order valence-corrected chi connectivity index (χ0v) is 11.0. The second-order valence-corrected chi connectivity index (χ2v) is 5.12. The van der Waals surface area contributed by atoms with E-state index >= 15 is 0 Å². The molecule has 1 amide bonds. The molecule has 1 fully saturated rings. The van der Waals surface area contributed by atoms with Crippen LogP contribution in [0.2, 0.25) is 0 Å². The molecular weight excluding hydrogens is 250 g/mol. The van der Waals surface area contributed by atoms with Gasteiger partial charge in [0, 0.05) is 13.0 Å². The zero-order valence-electron chi connectivity index (χ0n) is 11.0. The van der Waals surface area contributed by atoms with Gasteiger partial charge in [0.05, 0.1) is 0 Å². The van der Waals surface area contributed by atoms with Gasteiger partial charge in [-0.05, 0) is 44.5 Å². The van der Waals surface area contributed by atoms with Crippen molar-refractivity contribution in [3.05, 3.63) is 29.8 Å². The van der Waals surface area contributed by atoms with Crippen LogP contribution in [0.15, 0.2) is 18.2 Å². The van der Waals surface area contributed by atoms with Crippen LogP contribution in [0, 0.1) is 17.6 Å². The van der Waals surface area contributed by atoms with E-state index in [9.17, 15) is 13.6 Å². The van der Waals surface area contributed by atoms with Crippen molar-refractivity contribution in [1.82, 2.24) is 4.90 Å². The molecule has 1 aromatic rings. The number of benzene rings is 1. The lowest BCUT2D eigenvalue weighted by Crippen LogP contribution is -2.34. The van der Waals surface area contributed by atoms with E-state index in [1.807, 2.05) is 7.05 Å². The topological polar surface area (TPSA) is 32.3 Å². The van der Waals surface area contributed by atoms with Crippen molar-refractivity contribution in [3.63, 3.8) is 0 Å². The minimum Gasteiger partial charge on any atom is -0.321 e. The van der Waals surface area contributed by atoms with Crippen LogP contribution in [0.5, 0.6) is 0 Å². The summed E-state index contributed by atoms with van der Waals surface area (Å²) in [6.45, 7) is 1.90. The highest BCUT2D eigenvalue weighted by atomic mass is 19.1. The summed E-state index contributed by atoms with van der Waals surface area (Å²) in [5.74, 6) is -1.55. The summed E-state index contributed by atoms with van der Waals surface area (Å²) >= 11 is 0. The summed E-state index contributed by atoms with van der Waals surface area (Å²) in [4.78, 5) is 14.0. The van der Waals surface area contributed by atoms with E-state index in [-0.39, 0.29) is 17.5 Å². The molecule has 1 atom stereocenters. The molecule has 0 radical (unpaired) electrons. The molecule has 1 unspecified atom stereocenters. The highest BCUT2D eigenvalue weighted by Gasteiger charge is 2.21. The van der Waals surface area contributed by atoms with Gasteiger partial charge in [0.1, 0.15) is 17.3 Å². The molecule has 19 heavy (non-hydrogen) atoms. The first-order valence-electron chi connectivity index (χ1n) is 6.48. The van der Waals surface area contributed by atoms with Crippen molar-refractivity contribution in [2.45, 2.75) is 19.3 Å². The quantitative estimate of drug-likeness (QED) is 0.914. The van der Waals surface area contributed by atoms with Crippen LogP contribution in [-0.2, 0) is 4.79 Å². The molecule has 0 aliphatic carbocycles. The Morgan fingerprint density at radius 1 is 1.42 bits per heavy atom. The standard InChI is InChI=1S/C14H18F2N2O/c1-18-7-3-4-10(9-18)8-13(19)17-14-11(15)5-2-6-12(14)16/h2,5-6,10H,3-4,7-9H2,1H3,(H,17,19). The Hall–Kier alpha value is -1.49. The third kappa shape index (κ3) is 3.73. The van der Waals surface area contributed by atoms with E-state index in [2.05, 4.69) is 10.2 Å². The fourth-order valence-electron chi connectivity index (χ4n) is 2.51. The van der Waals surface area contributed by atoms with Crippen LogP contribution in [0.4, 0.5) is 14.5 Å². The Kier molecular flexibility index (Phi) is 4.47. The number of amides is 1. The van der Waals surface area contributed by atoms with Gasteiger partial charge in [0.2, 0.25) is 5.91 Å². The molecule has 1 N–H and O–H groups in total. The van der Waals surface area contributed by atoms with Crippen LogP contribution < -0.4 is 5.32 Å². The highest BCUT2D eigenvalue weighted by Crippen LogP contribution is 2.21. The smallest absolute Gasteiger partial charge is 0.224 e. The van der Waals surface area contributed by atoms with E-state index < -0.39 is 11.6 Å². The first-order chi connectivity index (χ1) is 9.06. The fraction of sp³-hybridized carbons (Fsp3) is 0.500. The molecule has 104 valence electrons. The Labute approximate surface area is 111 Å². The third-order valence-corrected chi connectivity index (χ3v) is 3.42. The Balaban J connectivity index is 1.94. The molecule has 0 spiro atoms. The number of hydrogen-bond donors (Lipinski definition) is 1. The summed E-state index contributed by atoms with van der Waals surface area (Å²) in [7, 11) is 2.01. The van der Waals surface area contributed by atoms with Crippen molar-refractivity contribution in [2.75, 3.05) is 25.5 Å². The average molecular weight is 268 g/mol. The Bertz CT molecular complexity index is 445. The van der Waals surface area contributed by atoms with Crippen molar-refractivity contribution in [1.29, 1.82) is 0 Å². The normalized spacial score (nSPS) is 20.3. The molecule has 3 nitrogen and oxygen atoms in total. The maximum absolute atomic E-state index is 13.4. The molecule has 0 saturated carbocycles. The number of nitrogens with one attached hydrogen (secondary N) is 1. The van der Waals surface area contributed by atoms with E-state index in [0.717, 1.165) is 38.1 Å². The molecule has 1 aliphatic rings. The second-order valence-electron chi connectivity index (χ2n) is 5.12. The predicted molar refractivity (Wildman–Crippen MR) is 69.8 cm³/mol. The minimum absolute atomic E-state index is 0.258. The molecule has 0 bridgehead atoms. The number of carbonyl (C=O) groups is 1. The van der Waals surface area contributed by atoms with Crippen LogP contribution in [0.25, 0.3) is 0 Å².